The summed E-state index contributed by atoms with van der Waals surface area (Å²) in [5.74, 6) is -1.67. The summed E-state index contributed by atoms with van der Waals surface area (Å²) in [7, 11) is -0.507. The minimum atomic E-state index is -3.19. The molecule has 4 aromatic rings. The van der Waals surface area contributed by atoms with Crippen molar-refractivity contribution in [2.75, 3.05) is 25.2 Å². The molecule has 274 valence electrons. The van der Waals surface area contributed by atoms with Crippen molar-refractivity contribution in [3.05, 3.63) is 127 Å². The number of fused-ring (bicyclic) bond motifs is 1. The van der Waals surface area contributed by atoms with E-state index in [2.05, 4.69) is 26.2 Å². The molecule has 2 aliphatic heterocycles. The van der Waals surface area contributed by atoms with Crippen molar-refractivity contribution in [1.29, 1.82) is 0 Å². The zero-order valence-corrected chi connectivity index (χ0v) is 32.6. The fourth-order valence-electron chi connectivity index (χ4n) is 7.31. The zero-order valence-electron chi connectivity index (χ0n) is 30.7. The molecule has 0 aromatic heterocycles. The number of hydrogen-bond acceptors (Lipinski definition) is 7. The number of ether oxygens (including phenoxy) is 2. The molecular weight excluding hydrogens is 704 g/mol. The Labute approximate surface area is 312 Å². The van der Waals surface area contributed by atoms with Crippen LogP contribution in [-0.2, 0) is 23.5 Å². The Balaban J connectivity index is 1.61. The summed E-state index contributed by atoms with van der Waals surface area (Å²) in [6.45, 7) is 8.46. The second-order valence-corrected chi connectivity index (χ2v) is 22.0. The molecule has 4 aromatic carbocycles. The minimum Gasteiger partial charge on any atom is -0.482 e. The first kappa shape index (κ1) is 37.7. The van der Waals surface area contributed by atoms with Crippen LogP contribution < -0.4 is 25.6 Å². The summed E-state index contributed by atoms with van der Waals surface area (Å²) in [4.78, 5) is 59.6. The first-order valence-corrected chi connectivity index (χ1v) is 22.9. The summed E-state index contributed by atoms with van der Waals surface area (Å²) < 4.78 is 18.0. The molecule has 0 saturated carbocycles. The Bertz CT molecular complexity index is 1980. The van der Waals surface area contributed by atoms with E-state index in [1.54, 1.807) is 25.2 Å². The Hall–Kier alpha value is -5.02. The zero-order chi connectivity index (χ0) is 37.9. The van der Waals surface area contributed by atoms with Crippen LogP contribution in [0.15, 0.2) is 122 Å². The number of ketones is 1. The number of amides is 2. The van der Waals surface area contributed by atoms with E-state index >= 15 is 0 Å². The number of carbonyl (C=O) groups excluding carboxylic acids is 4. The average molecular weight is 749 g/mol. The van der Waals surface area contributed by atoms with Crippen molar-refractivity contribution in [2.45, 2.75) is 45.1 Å². The van der Waals surface area contributed by atoms with Gasteiger partial charge >= 0.3 is 5.97 Å². The second-order valence-electron chi connectivity index (χ2n) is 14.2. The Morgan fingerprint density at radius 3 is 1.96 bits per heavy atom. The number of nitrogens with zero attached hydrogens (tertiary/aromatic N) is 2. The van der Waals surface area contributed by atoms with Crippen molar-refractivity contribution in [2.24, 2.45) is 5.92 Å². The minimum absolute atomic E-state index is 0.0751. The average Bonchev–Trinajstić information content (AvgIpc) is 3.15. The number of rotatable bonds is 13. The highest BCUT2D eigenvalue weighted by Crippen LogP contribution is 2.50. The largest absolute Gasteiger partial charge is 0.482 e. The van der Waals surface area contributed by atoms with Gasteiger partial charge in [-0.25, -0.2) is 4.79 Å². The summed E-state index contributed by atoms with van der Waals surface area (Å²) in [5, 5.41) is 2.54. The summed E-state index contributed by atoms with van der Waals surface area (Å²) >= 11 is 0. The first-order valence-electron chi connectivity index (χ1n) is 17.7. The van der Waals surface area contributed by atoms with Gasteiger partial charge < -0.3 is 23.7 Å². The summed E-state index contributed by atoms with van der Waals surface area (Å²) in [6, 6.07) is 33.5. The fourth-order valence-corrected chi connectivity index (χ4v) is 13.0. The molecule has 2 amide bonds. The highest BCUT2D eigenvalue weighted by molar-refractivity contribution is 7.96. The molecule has 1 saturated heterocycles. The quantitative estimate of drug-likeness (QED) is 0.0443. The third kappa shape index (κ3) is 7.32. The number of hydrogen-bond donors (Lipinski definition) is 0. The van der Waals surface area contributed by atoms with Crippen LogP contribution in [0.25, 0.3) is 0 Å². The van der Waals surface area contributed by atoms with Gasteiger partial charge in [0, 0.05) is 25.9 Å². The lowest BCUT2D eigenvalue weighted by Gasteiger charge is -2.52. The predicted octanol–water partition coefficient (Wildman–Crippen LogP) is 5.53. The van der Waals surface area contributed by atoms with Crippen molar-refractivity contribution < 1.29 is 33.1 Å². The van der Waals surface area contributed by atoms with Crippen LogP contribution in [0.5, 0.6) is 5.75 Å². The van der Waals surface area contributed by atoms with Gasteiger partial charge in [-0.15, -0.1) is 0 Å². The molecule has 2 aliphatic rings. The number of likely N-dealkylation sites (N-methyl/N-ethyl adjacent to an activating group) is 1. The van der Waals surface area contributed by atoms with E-state index in [9.17, 15) is 19.2 Å². The number of anilines is 1. The number of β-lactam (4-membered cyclic amide) rings is 1. The van der Waals surface area contributed by atoms with Crippen LogP contribution in [0.1, 0.15) is 23.7 Å². The Kier molecular flexibility index (Phi) is 11.1. The standard InChI is InChI=1S/C42H45N2O7PSi/c1-7-25-49-42(48)41(52(31-17-11-8-12-18-31,32-19-13-9-14-20-32)33-21-15-10-16-22-33)44-35(39(40(44)47)29(2)51-53(4,5)6)27-36(45)30-23-24-37-34(26-30)43(3)38(46)28-50-37/h7-24,26,29,35,39H,1,25,27-28H2,2-6H3/t29-,35-,39-/m1/s1. The molecule has 2 heterocycles. The lowest BCUT2D eigenvalue weighted by atomic mass is 9.79. The molecule has 0 N–H and O–H groups in total. The van der Waals surface area contributed by atoms with Gasteiger partial charge in [-0.05, 0) is 60.7 Å². The molecule has 0 bridgehead atoms. The van der Waals surface area contributed by atoms with Crippen molar-refractivity contribution in [3.63, 3.8) is 0 Å². The van der Waals surface area contributed by atoms with Gasteiger partial charge in [0.2, 0.25) is 5.91 Å². The fraction of sp³-hybridized carbons (Fsp3) is 0.262. The molecule has 6 rings (SSSR count). The molecule has 0 spiro atoms. The molecule has 1 fully saturated rings. The van der Waals surface area contributed by atoms with Gasteiger partial charge in [-0.3, -0.25) is 14.4 Å². The van der Waals surface area contributed by atoms with E-state index < -0.39 is 39.2 Å². The molecule has 3 atom stereocenters. The van der Waals surface area contributed by atoms with Gasteiger partial charge in [0.15, 0.2) is 20.7 Å². The van der Waals surface area contributed by atoms with E-state index in [0.717, 1.165) is 15.9 Å². The molecule has 0 radical (unpaired) electrons. The smallest absolute Gasteiger partial charge is 0.356 e. The number of likely N-dealkylation sites (tertiary alicyclic amines) is 1. The van der Waals surface area contributed by atoms with Gasteiger partial charge in [-0.2, -0.15) is 0 Å². The number of carbonyl (C=O) groups is 4. The van der Waals surface area contributed by atoms with E-state index in [4.69, 9.17) is 13.9 Å². The predicted molar refractivity (Wildman–Crippen MR) is 214 cm³/mol. The van der Waals surface area contributed by atoms with Crippen LogP contribution in [0.4, 0.5) is 5.69 Å². The molecule has 11 heteroatoms. The molecular formula is C42H45N2O7PSi. The van der Waals surface area contributed by atoms with E-state index in [-0.39, 0.29) is 42.6 Å². The highest BCUT2D eigenvalue weighted by atomic mass is 31.2. The monoisotopic (exact) mass is 748 g/mol. The molecule has 9 nitrogen and oxygen atoms in total. The first-order chi connectivity index (χ1) is 25.4. The van der Waals surface area contributed by atoms with Crippen molar-refractivity contribution in [3.8, 4) is 5.75 Å². The number of benzene rings is 4. The van der Waals surface area contributed by atoms with Gasteiger partial charge in [0.1, 0.15) is 17.8 Å². The van der Waals surface area contributed by atoms with Crippen LogP contribution >= 0.6 is 6.89 Å². The van der Waals surface area contributed by atoms with E-state index in [1.807, 2.05) is 97.9 Å². The number of esters is 1. The molecule has 0 unspecified atom stereocenters. The molecule has 0 aliphatic carbocycles. The number of Topliss-reactive ketones (excluding diaryl/α,β-unsaturated/α-hetero) is 1. The van der Waals surface area contributed by atoms with Crippen LogP contribution in [0, 0.1) is 5.92 Å². The lowest BCUT2D eigenvalue weighted by molar-refractivity contribution is -0.156. The van der Waals surface area contributed by atoms with Gasteiger partial charge in [0.25, 0.3) is 5.91 Å². The Morgan fingerprint density at radius 1 is 0.906 bits per heavy atom. The highest BCUT2D eigenvalue weighted by Gasteiger charge is 2.56. The third-order valence-corrected chi connectivity index (χ3v) is 14.9. The lowest BCUT2D eigenvalue weighted by Crippen LogP contribution is -2.69. The van der Waals surface area contributed by atoms with Crippen molar-refractivity contribution in [1.82, 2.24) is 4.90 Å². The molecule has 53 heavy (non-hydrogen) atoms. The van der Waals surface area contributed by atoms with Crippen LogP contribution in [0.3, 0.4) is 0 Å². The van der Waals surface area contributed by atoms with Gasteiger partial charge in [-0.1, -0.05) is 104 Å². The summed E-state index contributed by atoms with van der Waals surface area (Å²) in [6.07, 6.45) is 0.854. The Morgan fingerprint density at radius 2 is 1.45 bits per heavy atom. The van der Waals surface area contributed by atoms with Crippen molar-refractivity contribution >= 4 is 65.8 Å². The SMILES string of the molecule is C=CCOC(=O)C(N1C(=O)[C@H]([C@@H](C)O[Si](C)(C)C)[C@H]1CC(=O)c1ccc2c(c1)N(C)C(=O)CO2)=P(c1ccccc1)(c1ccccc1)c1ccccc1. The van der Waals surface area contributed by atoms with E-state index in [1.165, 1.54) is 15.9 Å². The maximum atomic E-state index is 14.9. The topological polar surface area (TPSA) is 102 Å². The maximum absolute atomic E-state index is 14.9. The van der Waals surface area contributed by atoms with Gasteiger partial charge in [0.05, 0.1) is 23.8 Å². The normalized spacial score (nSPS) is 17.6. The van der Waals surface area contributed by atoms with Crippen LogP contribution in [0.2, 0.25) is 19.6 Å². The second kappa shape index (κ2) is 15.5. The third-order valence-electron chi connectivity index (χ3n) is 9.57. The maximum Gasteiger partial charge on any atom is 0.356 e. The van der Waals surface area contributed by atoms with Crippen LogP contribution in [-0.4, -0.2) is 74.6 Å². The summed E-state index contributed by atoms with van der Waals surface area (Å²) in [5.41, 5.74) is 1.03. The van der Waals surface area contributed by atoms with E-state index in [0.29, 0.717) is 17.0 Å².